The number of anilines is 1. The second kappa shape index (κ2) is 8.48. The maximum absolute atomic E-state index is 11.2. The predicted molar refractivity (Wildman–Crippen MR) is 107 cm³/mol. The molecule has 3 heterocycles. The van der Waals surface area contributed by atoms with Crippen LogP contribution in [0.1, 0.15) is 22.5 Å². The van der Waals surface area contributed by atoms with Gasteiger partial charge in [0.1, 0.15) is 18.9 Å². The summed E-state index contributed by atoms with van der Waals surface area (Å²) in [5, 5.41) is 0. The highest BCUT2D eigenvalue weighted by atomic mass is 16.6. The van der Waals surface area contributed by atoms with Gasteiger partial charge in [0.2, 0.25) is 0 Å². The summed E-state index contributed by atoms with van der Waals surface area (Å²) in [6.07, 6.45) is 3.61. The number of pyridine rings is 1. The SMILES string of the molecule is NC(=O)c1cc(CCCN2CCN(c3cccc4c3OCCO4)CC2)ccn1. The predicted octanol–water partition coefficient (Wildman–Crippen LogP) is 1.71. The first-order chi connectivity index (χ1) is 13.7. The molecule has 1 aromatic carbocycles. The number of benzene rings is 1. The lowest BCUT2D eigenvalue weighted by molar-refractivity contribution is 0.0995. The van der Waals surface area contributed by atoms with Crippen LogP contribution in [0.3, 0.4) is 0 Å². The van der Waals surface area contributed by atoms with Crippen molar-refractivity contribution in [3.05, 3.63) is 47.8 Å². The van der Waals surface area contributed by atoms with Crippen LogP contribution in [0.4, 0.5) is 5.69 Å². The molecule has 1 saturated heterocycles. The third kappa shape index (κ3) is 4.20. The Bertz CT molecular complexity index is 834. The van der Waals surface area contributed by atoms with Gasteiger partial charge >= 0.3 is 0 Å². The Morgan fingerprint density at radius 1 is 1.11 bits per heavy atom. The van der Waals surface area contributed by atoms with E-state index in [-0.39, 0.29) is 0 Å². The first kappa shape index (κ1) is 18.6. The van der Waals surface area contributed by atoms with Crippen molar-refractivity contribution >= 4 is 11.6 Å². The molecule has 0 aliphatic carbocycles. The van der Waals surface area contributed by atoms with Gasteiger partial charge in [0.05, 0.1) is 5.69 Å². The summed E-state index contributed by atoms with van der Waals surface area (Å²) in [6, 6.07) is 9.86. The summed E-state index contributed by atoms with van der Waals surface area (Å²) >= 11 is 0. The van der Waals surface area contributed by atoms with Crippen molar-refractivity contribution in [2.45, 2.75) is 12.8 Å². The molecule has 2 aromatic rings. The van der Waals surface area contributed by atoms with Crippen molar-refractivity contribution in [1.82, 2.24) is 9.88 Å². The highest BCUT2D eigenvalue weighted by Crippen LogP contribution is 2.39. The van der Waals surface area contributed by atoms with E-state index >= 15 is 0 Å². The standard InChI is InChI=1S/C21H26N4O3/c22-21(26)17-15-16(6-7-23-17)3-2-8-24-9-11-25(12-10-24)18-4-1-5-19-20(18)28-14-13-27-19/h1,4-7,15H,2-3,8-14H2,(H2,22,26). The van der Waals surface area contributed by atoms with Crippen LogP contribution >= 0.6 is 0 Å². The first-order valence-electron chi connectivity index (χ1n) is 9.81. The Morgan fingerprint density at radius 3 is 2.75 bits per heavy atom. The number of nitrogens with zero attached hydrogens (tertiary/aromatic N) is 3. The third-order valence-corrected chi connectivity index (χ3v) is 5.27. The zero-order valence-corrected chi connectivity index (χ0v) is 16.0. The Labute approximate surface area is 165 Å². The van der Waals surface area contributed by atoms with Crippen molar-refractivity contribution in [2.75, 3.05) is 50.8 Å². The van der Waals surface area contributed by atoms with Gasteiger partial charge in [0, 0.05) is 32.4 Å². The fraction of sp³-hybridized carbons (Fsp3) is 0.429. The lowest BCUT2D eigenvalue weighted by Crippen LogP contribution is -2.46. The van der Waals surface area contributed by atoms with E-state index in [1.807, 2.05) is 18.2 Å². The van der Waals surface area contributed by atoms with Crippen molar-refractivity contribution in [3.8, 4) is 11.5 Å². The number of fused-ring (bicyclic) bond motifs is 1. The minimum absolute atomic E-state index is 0.337. The van der Waals surface area contributed by atoms with Gasteiger partial charge < -0.3 is 20.1 Å². The molecule has 0 spiro atoms. The maximum Gasteiger partial charge on any atom is 0.267 e. The topological polar surface area (TPSA) is 80.9 Å². The number of piperazine rings is 1. The average molecular weight is 382 g/mol. The van der Waals surface area contributed by atoms with Crippen molar-refractivity contribution < 1.29 is 14.3 Å². The molecular weight excluding hydrogens is 356 g/mol. The molecule has 2 N–H and O–H groups in total. The molecule has 0 saturated carbocycles. The van der Waals surface area contributed by atoms with Gasteiger partial charge in [-0.05, 0) is 49.2 Å². The van der Waals surface area contributed by atoms with E-state index < -0.39 is 5.91 Å². The van der Waals surface area contributed by atoms with E-state index in [2.05, 4.69) is 20.9 Å². The van der Waals surface area contributed by atoms with Gasteiger partial charge in [-0.15, -0.1) is 0 Å². The largest absolute Gasteiger partial charge is 0.486 e. The molecule has 0 bridgehead atoms. The Morgan fingerprint density at radius 2 is 1.93 bits per heavy atom. The lowest BCUT2D eigenvalue weighted by Gasteiger charge is -2.37. The van der Waals surface area contributed by atoms with Gasteiger partial charge in [0.25, 0.3) is 5.91 Å². The molecule has 0 unspecified atom stereocenters. The van der Waals surface area contributed by atoms with Crippen molar-refractivity contribution in [2.24, 2.45) is 5.73 Å². The molecular formula is C21H26N4O3. The van der Waals surface area contributed by atoms with E-state index in [1.54, 1.807) is 12.3 Å². The Balaban J connectivity index is 1.27. The fourth-order valence-electron chi connectivity index (χ4n) is 3.79. The highest BCUT2D eigenvalue weighted by Gasteiger charge is 2.23. The number of amides is 1. The summed E-state index contributed by atoms with van der Waals surface area (Å²) < 4.78 is 11.6. The molecule has 2 aliphatic rings. The van der Waals surface area contributed by atoms with Crippen LogP contribution in [0.2, 0.25) is 0 Å². The Hall–Kier alpha value is -2.80. The summed E-state index contributed by atoms with van der Waals surface area (Å²) in [5.74, 6) is 1.25. The summed E-state index contributed by atoms with van der Waals surface area (Å²) in [7, 11) is 0. The number of carbonyl (C=O) groups is 1. The number of rotatable bonds is 6. The van der Waals surface area contributed by atoms with Crippen LogP contribution in [-0.2, 0) is 6.42 Å². The second-order valence-corrected chi connectivity index (χ2v) is 7.15. The molecule has 7 heteroatoms. The second-order valence-electron chi connectivity index (χ2n) is 7.15. The normalized spacial score (nSPS) is 16.8. The number of para-hydroxylation sites is 1. The number of nitrogens with two attached hydrogens (primary N) is 1. The molecule has 0 atom stereocenters. The minimum Gasteiger partial charge on any atom is -0.486 e. The molecule has 2 aliphatic heterocycles. The van der Waals surface area contributed by atoms with Gasteiger partial charge in [-0.2, -0.15) is 0 Å². The van der Waals surface area contributed by atoms with Gasteiger partial charge in [-0.1, -0.05) is 6.07 Å². The molecule has 28 heavy (non-hydrogen) atoms. The number of primary amides is 1. The first-order valence-corrected chi connectivity index (χ1v) is 9.81. The number of carbonyl (C=O) groups excluding carboxylic acids is 1. The molecule has 1 aromatic heterocycles. The summed E-state index contributed by atoms with van der Waals surface area (Å²) in [6.45, 7) is 6.25. The Kier molecular flexibility index (Phi) is 5.62. The highest BCUT2D eigenvalue weighted by molar-refractivity contribution is 5.90. The molecule has 7 nitrogen and oxygen atoms in total. The smallest absolute Gasteiger partial charge is 0.267 e. The third-order valence-electron chi connectivity index (χ3n) is 5.27. The van der Waals surface area contributed by atoms with Crippen LogP contribution in [0, 0.1) is 0 Å². The quantitative estimate of drug-likeness (QED) is 0.819. The maximum atomic E-state index is 11.2. The van der Waals surface area contributed by atoms with E-state index in [1.165, 1.54) is 0 Å². The van der Waals surface area contributed by atoms with Crippen LogP contribution in [0.25, 0.3) is 0 Å². The minimum atomic E-state index is -0.476. The molecule has 4 rings (SSSR count). The van der Waals surface area contributed by atoms with Crippen LogP contribution < -0.4 is 20.1 Å². The van der Waals surface area contributed by atoms with Crippen molar-refractivity contribution in [3.63, 3.8) is 0 Å². The lowest BCUT2D eigenvalue weighted by atomic mass is 10.1. The number of hydrogen-bond donors (Lipinski definition) is 1. The van der Waals surface area contributed by atoms with E-state index in [0.717, 1.165) is 68.3 Å². The van der Waals surface area contributed by atoms with Crippen LogP contribution in [-0.4, -0.2) is 61.7 Å². The zero-order chi connectivity index (χ0) is 19.3. The van der Waals surface area contributed by atoms with E-state index in [4.69, 9.17) is 15.2 Å². The summed E-state index contributed by atoms with van der Waals surface area (Å²) in [5.41, 5.74) is 7.88. The molecule has 1 fully saturated rings. The van der Waals surface area contributed by atoms with E-state index in [9.17, 15) is 4.79 Å². The average Bonchev–Trinajstić information content (AvgIpc) is 2.74. The van der Waals surface area contributed by atoms with E-state index in [0.29, 0.717) is 18.9 Å². The molecule has 148 valence electrons. The number of aromatic nitrogens is 1. The number of aryl methyl sites for hydroxylation is 1. The summed E-state index contributed by atoms with van der Waals surface area (Å²) in [4.78, 5) is 20.1. The fourth-order valence-corrected chi connectivity index (χ4v) is 3.79. The van der Waals surface area contributed by atoms with Crippen molar-refractivity contribution in [1.29, 1.82) is 0 Å². The monoisotopic (exact) mass is 382 g/mol. The number of hydrogen-bond acceptors (Lipinski definition) is 6. The molecule has 1 amide bonds. The number of ether oxygens (including phenoxy) is 2. The zero-order valence-electron chi connectivity index (χ0n) is 16.0. The molecule has 0 radical (unpaired) electrons. The van der Waals surface area contributed by atoms with Gasteiger partial charge in [-0.3, -0.25) is 14.7 Å². The van der Waals surface area contributed by atoms with Crippen LogP contribution in [0.15, 0.2) is 36.5 Å². The van der Waals surface area contributed by atoms with Gasteiger partial charge in [0.15, 0.2) is 11.5 Å². The van der Waals surface area contributed by atoms with Gasteiger partial charge in [-0.25, -0.2) is 0 Å². The van der Waals surface area contributed by atoms with Crippen LogP contribution in [0.5, 0.6) is 11.5 Å².